The number of aliphatic imine (C=N–C) groups is 1. The smallest absolute Gasteiger partial charge is 0.225 e. The molecule has 4 rings (SSSR count). The normalized spacial score (nSPS) is 16.2. The summed E-state index contributed by atoms with van der Waals surface area (Å²) in [4.78, 5) is 16.8. The molecular weight excluding hydrogens is 360 g/mol. The highest BCUT2D eigenvalue weighted by Crippen LogP contribution is 2.31. The van der Waals surface area contributed by atoms with Gasteiger partial charge in [-0.15, -0.1) is 0 Å². The topological polar surface area (TPSA) is 65.5 Å². The van der Waals surface area contributed by atoms with Crippen LogP contribution in [0.3, 0.4) is 0 Å². The molecule has 3 aromatic carbocycles. The Morgan fingerprint density at radius 1 is 1.03 bits per heavy atom. The van der Waals surface area contributed by atoms with Crippen LogP contribution in [0.25, 0.3) is 10.8 Å². The number of anilines is 1. The molecule has 1 atom stereocenters. The molecule has 0 radical (unpaired) electrons. The molecule has 1 aliphatic rings. The second kappa shape index (κ2) is 8.78. The molecule has 1 aliphatic heterocycles. The largest absolute Gasteiger partial charge is 0.357 e. The molecule has 1 heterocycles. The summed E-state index contributed by atoms with van der Waals surface area (Å²) in [5, 5.41) is 12.2. The molecule has 0 fully saturated rings. The lowest BCUT2D eigenvalue weighted by molar-refractivity contribution is -0.116. The monoisotopic (exact) mass is 386 g/mol. The van der Waals surface area contributed by atoms with Crippen LogP contribution in [0.15, 0.2) is 71.7 Å². The second-order valence-corrected chi connectivity index (χ2v) is 7.25. The van der Waals surface area contributed by atoms with Gasteiger partial charge in [-0.25, -0.2) is 4.99 Å². The van der Waals surface area contributed by atoms with E-state index in [1.165, 1.54) is 21.9 Å². The summed E-state index contributed by atoms with van der Waals surface area (Å²) < 4.78 is 0. The number of rotatable bonds is 5. The molecule has 3 N–H and O–H groups in total. The van der Waals surface area contributed by atoms with Crippen LogP contribution >= 0.6 is 0 Å². The zero-order valence-electron chi connectivity index (χ0n) is 16.6. The molecule has 5 nitrogen and oxygen atoms in total. The Morgan fingerprint density at radius 3 is 2.72 bits per heavy atom. The summed E-state index contributed by atoms with van der Waals surface area (Å²) in [6.07, 6.45) is 0.479. The van der Waals surface area contributed by atoms with Gasteiger partial charge < -0.3 is 16.0 Å². The lowest BCUT2D eigenvalue weighted by Crippen LogP contribution is -2.40. The minimum absolute atomic E-state index is 0.0631. The molecule has 1 unspecified atom stereocenters. The molecule has 29 heavy (non-hydrogen) atoms. The first kappa shape index (κ1) is 19.0. The van der Waals surface area contributed by atoms with E-state index in [0.717, 1.165) is 18.2 Å². The second-order valence-electron chi connectivity index (χ2n) is 7.25. The first-order chi connectivity index (χ1) is 14.2. The van der Waals surface area contributed by atoms with Gasteiger partial charge in [-0.3, -0.25) is 4.79 Å². The fourth-order valence-electron chi connectivity index (χ4n) is 3.84. The van der Waals surface area contributed by atoms with E-state index in [2.05, 4.69) is 71.4 Å². The van der Waals surface area contributed by atoms with Gasteiger partial charge in [0.05, 0.1) is 6.54 Å². The number of nitrogens with zero attached hydrogens (tertiary/aromatic N) is 1. The average Bonchev–Trinajstić information content (AvgIpc) is 2.75. The Balaban J connectivity index is 1.49. The van der Waals surface area contributed by atoms with Crippen molar-refractivity contribution in [3.05, 3.63) is 77.9 Å². The third-order valence-electron chi connectivity index (χ3n) is 5.25. The van der Waals surface area contributed by atoms with Crippen molar-refractivity contribution in [3.63, 3.8) is 0 Å². The van der Waals surface area contributed by atoms with Gasteiger partial charge in [-0.1, -0.05) is 60.7 Å². The van der Waals surface area contributed by atoms with Crippen molar-refractivity contribution in [1.82, 2.24) is 10.6 Å². The van der Waals surface area contributed by atoms with Crippen LogP contribution in [0.4, 0.5) is 5.69 Å². The predicted molar refractivity (Wildman–Crippen MR) is 119 cm³/mol. The number of para-hydroxylation sites is 1. The molecule has 0 saturated carbocycles. The van der Waals surface area contributed by atoms with E-state index in [1.54, 1.807) is 0 Å². The number of guanidine groups is 1. The highest BCUT2D eigenvalue weighted by Gasteiger charge is 2.24. The average molecular weight is 386 g/mol. The van der Waals surface area contributed by atoms with Crippen molar-refractivity contribution in [2.75, 3.05) is 18.4 Å². The van der Waals surface area contributed by atoms with Gasteiger partial charge in [0.15, 0.2) is 5.96 Å². The van der Waals surface area contributed by atoms with Crippen LogP contribution in [0.2, 0.25) is 0 Å². The number of fused-ring (bicyclic) bond motifs is 2. The summed E-state index contributed by atoms with van der Waals surface area (Å²) >= 11 is 0. The van der Waals surface area contributed by atoms with Crippen LogP contribution in [0, 0.1) is 0 Å². The molecule has 0 spiro atoms. The Bertz CT molecular complexity index is 1040. The minimum atomic E-state index is 0.0631. The first-order valence-electron chi connectivity index (χ1n) is 10.1. The van der Waals surface area contributed by atoms with Crippen LogP contribution in [-0.2, 0) is 11.3 Å². The van der Waals surface area contributed by atoms with Gasteiger partial charge in [0.2, 0.25) is 5.91 Å². The maximum atomic E-state index is 12.1. The molecule has 0 aliphatic carbocycles. The zero-order valence-corrected chi connectivity index (χ0v) is 16.6. The Labute approximate surface area is 171 Å². The summed E-state index contributed by atoms with van der Waals surface area (Å²) in [6.45, 7) is 4.09. The van der Waals surface area contributed by atoms with Gasteiger partial charge >= 0.3 is 0 Å². The zero-order chi connectivity index (χ0) is 20.1. The third kappa shape index (κ3) is 4.40. The molecule has 0 aromatic heterocycles. The predicted octanol–water partition coefficient (Wildman–Crippen LogP) is 4.02. The van der Waals surface area contributed by atoms with Crippen molar-refractivity contribution in [2.24, 2.45) is 4.99 Å². The van der Waals surface area contributed by atoms with Gasteiger partial charge in [0.25, 0.3) is 0 Å². The van der Waals surface area contributed by atoms with Gasteiger partial charge in [0, 0.05) is 31.1 Å². The maximum Gasteiger partial charge on any atom is 0.225 e. The van der Waals surface area contributed by atoms with Crippen LogP contribution in [0.1, 0.15) is 30.4 Å². The van der Waals surface area contributed by atoms with E-state index >= 15 is 0 Å². The van der Waals surface area contributed by atoms with Crippen LogP contribution in [-0.4, -0.2) is 25.0 Å². The van der Waals surface area contributed by atoms with Crippen molar-refractivity contribution < 1.29 is 4.79 Å². The molecular formula is C24H26N4O. The molecule has 5 heteroatoms. The summed E-state index contributed by atoms with van der Waals surface area (Å²) in [6, 6.07) is 22.7. The Kier molecular flexibility index (Phi) is 5.75. The molecule has 148 valence electrons. The standard InChI is InChI=1S/C24H26N4O/c1-2-25-24(26-15-18-10-7-9-17-8-3-4-11-20(17)18)27-16-19-14-23(29)28-22-13-6-5-12-21(19)22/h3-13,19H,2,14-16H2,1H3,(H,28,29)(H2,25,26,27). The van der Waals surface area contributed by atoms with E-state index in [0.29, 0.717) is 19.5 Å². The van der Waals surface area contributed by atoms with E-state index in [9.17, 15) is 4.79 Å². The number of carbonyl (C=O) groups excluding carboxylic acids is 1. The minimum Gasteiger partial charge on any atom is -0.357 e. The van der Waals surface area contributed by atoms with Gasteiger partial charge in [-0.05, 0) is 34.9 Å². The molecule has 0 bridgehead atoms. The number of amides is 1. The van der Waals surface area contributed by atoms with Crippen LogP contribution < -0.4 is 16.0 Å². The first-order valence-corrected chi connectivity index (χ1v) is 10.1. The van der Waals surface area contributed by atoms with Gasteiger partial charge in [-0.2, -0.15) is 0 Å². The summed E-state index contributed by atoms with van der Waals surface area (Å²) in [5.41, 5.74) is 3.28. The Morgan fingerprint density at radius 2 is 1.83 bits per heavy atom. The van der Waals surface area contributed by atoms with E-state index < -0.39 is 0 Å². The van der Waals surface area contributed by atoms with Crippen molar-refractivity contribution in [2.45, 2.75) is 25.8 Å². The maximum absolute atomic E-state index is 12.1. The SMILES string of the molecule is CCNC(=NCc1cccc2ccccc12)NCC1CC(=O)Nc2ccccc21. The van der Waals surface area contributed by atoms with Gasteiger partial charge in [0.1, 0.15) is 0 Å². The number of hydrogen-bond acceptors (Lipinski definition) is 2. The lowest BCUT2D eigenvalue weighted by atomic mass is 9.90. The third-order valence-corrected chi connectivity index (χ3v) is 5.25. The molecule has 1 amide bonds. The van der Waals surface area contributed by atoms with E-state index in [-0.39, 0.29) is 11.8 Å². The summed E-state index contributed by atoms with van der Waals surface area (Å²) in [5.74, 6) is 0.957. The number of benzene rings is 3. The lowest BCUT2D eigenvalue weighted by Gasteiger charge is -2.26. The van der Waals surface area contributed by atoms with Crippen molar-refractivity contribution >= 4 is 28.3 Å². The molecule has 3 aromatic rings. The number of carbonyl (C=O) groups is 1. The molecule has 0 saturated heterocycles. The summed E-state index contributed by atoms with van der Waals surface area (Å²) in [7, 11) is 0. The van der Waals surface area contributed by atoms with Crippen molar-refractivity contribution in [3.8, 4) is 0 Å². The highest BCUT2D eigenvalue weighted by atomic mass is 16.1. The van der Waals surface area contributed by atoms with E-state index in [4.69, 9.17) is 4.99 Å². The fourth-order valence-corrected chi connectivity index (χ4v) is 3.84. The number of nitrogens with one attached hydrogen (secondary N) is 3. The van der Waals surface area contributed by atoms with E-state index in [1.807, 2.05) is 18.2 Å². The highest BCUT2D eigenvalue weighted by molar-refractivity contribution is 5.95. The Hall–Kier alpha value is -3.34. The van der Waals surface area contributed by atoms with Crippen LogP contribution in [0.5, 0.6) is 0 Å². The number of hydrogen-bond donors (Lipinski definition) is 3. The fraction of sp³-hybridized carbons (Fsp3) is 0.250. The quantitative estimate of drug-likeness (QED) is 0.458. The van der Waals surface area contributed by atoms with Crippen molar-refractivity contribution in [1.29, 1.82) is 0 Å².